The monoisotopic (exact) mass is 280 g/mol. The molecule has 106 valence electrons. The van der Waals surface area contributed by atoms with Crippen LogP contribution in [0, 0.1) is 22.7 Å². The van der Waals surface area contributed by atoms with Gasteiger partial charge in [-0.3, -0.25) is 4.79 Å². The van der Waals surface area contributed by atoms with E-state index in [2.05, 4.69) is 12.2 Å². The minimum Gasteiger partial charge on any atom is -0.393 e. The van der Waals surface area contributed by atoms with Gasteiger partial charge in [-0.05, 0) is 55.8 Å². The number of nitrogens with two attached hydrogens (primary N) is 1. The Morgan fingerprint density at radius 2 is 1.95 bits per heavy atom. The van der Waals surface area contributed by atoms with E-state index in [1.165, 1.54) is 19.3 Å². The molecule has 0 aromatic heterocycles. The summed E-state index contributed by atoms with van der Waals surface area (Å²) < 4.78 is 0. The Labute approximate surface area is 120 Å². The predicted octanol–water partition coefficient (Wildman–Crippen LogP) is 2.39. The summed E-state index contributed by atoms with van der Waals surface area (Å²) in [5, 5.41) is 3.08. The van der Waals surface area contributed by atoms with Crippen molar-refractivity contribution in [3.8, 4) is 0 Å². The number of thiocarbonyl (C=S) groups is 1. The molecule has 0 aromatic rings. The predicted molar refractivity (Wildman–Crippen MR) is 79.6 cm³/mol. The minimum atomic E-state index is -0.0744. The molecule has 4 aliphatic carbocycles. The fraction of sp³-hybridized carbons (Fsp3) is 0.867. The second-order valence-electron chi connectivity index (χ2n) is 7.52. The Kier molecular flexibility index (Phi) is 3.12. The highest BCUT2D eigenvalue weighted by atomic mass is 32.1. The molecule has 4 bridgehead atoms. The molecule has 3 nitrogen and oxygen atoms in total. The van der Waals surface area contributed by atoms with E-state index < -0.39 is 0 Å². The lowest BCUT2D eigenvalue weighted by Gasteiger charge is -2.60. The molecule has 0 spiro atoms. The second kappa shape index (κ2) is 4.44. The Morgan fingerprint density at radius 1 is 1.32 bits per heavy atom. The van der Waals surface area contributed by atoms with Crippen molar-refractivity contribution in [2.75, 3.05) is 6.54 Å². The molecular weight excluding hydrogens is 256 g/mol. The Hall–Kier alpha value is -0.640. The van der Waals surface area contributed by atoms with Crippen LogP contribution in [0.1, 0.15) is 51.9 Å². The second-order valence-corrected chi connectivity index (χ2v) is 8.05. The average molecular weight is 280 g/mol. The van der Waals surface area contributed by atoms with Crippen molar-refractivity contribution in [2.24, 2.45) is 28.4 Å². The summed E-state index contributed by atoms with van der Waals surface area (Å²) in [7, 11) is 0. The Balaban J connectivity index is 1.69. The summed E-state index contributed by atoms with van der Waals surface area (Å²) in [5.41, 5.74) is 5.83. The van der Waals surface area contributed by atoms with E-state index in [0.717, 1.165) is 31.1 Å². The van der Waals surface area contributed by atoms with Gasteiger partial charge in [-0.25, -0.2) is 0 Å². The SMILES string of the molecule is CC12CC3CC(C1)CC(C(=O)NCCC(N)=S)(C3)C2. The molecule has 4 saturated carbocycles. The zero-order chi connectivity index (χ0) is 13.7. The third-order valence-electron chi connectivity index (χ3n) is 5.49. The molecule has 2 atom stereocenters. The van der Waals surface area contributed by atoms with Gasteiger partial charge in [0.05, 0.1) is 10.4 Å². The van der Waals surface area contributed by atoms with Crippen LogP contribution in [0.4, 0.5) is 0 Å². The highest BCUT2D eigenvalue weighted by molar-refractivity contribution is 7.80. The zero-order valence-corrected chi connectivity index (χ0v) is 12.5. The van der Waals surface area contributed by atoms with Gasteiger partial charge in [0.25, 0.3) is 0 Å². The van der Waals surface area contributed by atoms with Crippen LogP contribution in [0.25, 0.3) is 0 Å². The van der Waals surface area contributed by atoms with Crippen LogP contribution in [0.15, 0.2) is 0 Å². The van der Waals surface area contributed by atoms with Gasteiger partial charge >= 0.3 is 0 Å². The number of carbonyl (C=O) groups excluding carboxylic acids is 1. The van der Waals surface area contributed by atoms with E-state index >= 15 is 0 Å². The van der Waals surface area contributed by atoms with Crippen molar-refractivity contribution in [1.82, 2.24) is 5.32 Å². The van der Waals surface area contributed by atoms with Crippen LogP contribution >= 0.6 is 12.2 Å². The highest BCUT2D eigenvalue weighted by Crippen LogP contribution is 2.65. The van der Waals surface area contributed by atoms with Crippen LogP contribution in [-0.4, -0.2) is 17.4 Å². The van der Waals surface area contributed by atoms with Gasteiger partial charge in [0.2, 0.25) is 5.91 Å². The van der Waals surface area contributed by atoms with E-state index in [0.29, 0.717) is 23.4 Å². The van der Waals surface area contributed by atoms with Crippen molar-refractivity contribution in [1.29, 1.82) is 0 Å². The van der Waals surface area contributed by atoms with Gasteiger partial charge in [-0.15, -0.1) is 0 Å². The highest BCUT2D eigenvalue weighted by Gasteiger charge is 2.58. The third kappa shape index (κ3) is 2.39. The van der Waals surface area contributed by atoms with E-state index in [-0.39, 0.29) is 11.3 Å². The van der Waals surface area contributed by atoms with E-state index in [4.69, 9.17) is 18.0 Å². The van der Waals surface area contributed by atoms with Gasteiger partial charge in [0, 0.05) is 13.0 Å². The van der Waals surface area contributed by atoms with Crippen LogP contribution in [0.5, 0.6) is 0 Å². The minimum absolute atomic E-state index is 0.0744. The normalized spacial score (nSPS) is 43.2. The molecule has 0 aromatic carbocycles. The van der Waals surface area contributed by atoms with E-state index in [1.54, 1.807) is 0 Å². The van der Waals surface area contributed by atoms with Crippen LogP contribution in [0.3, 0.4) is 0 Å². The first-order valence-electron chi connectivity index (χ1n) is 7.47. The standard InChI is InChI=1S/C15H24N2OS/c1-14-5-10-4-11(6-14)8-15(7-10,9-14)13(18)17-3-2-12(16)19/h10-11H,2-9H2,1H3,(H2,16,19)(H,17,18). The number of carbonyl (C=O) groups is 1. The number of hydrogen-bond acceptors (Lipinski definition) is 2. The molecule has 1 amide bonds. The smallest absolute Gasteiger partial charge is 0.226 e. The van der Waals surface area contributed by atoms with Gasteiger partial charge in [-0.2, -0.15) is 0 Å². The summed E-state index contributed by atoms with van der Waals surface area (Å²) in [6, 6.07) is 0. The average Bonchev–Trinajstić information content (AvgIpc) is 2.24. The maximum atomic E-state index is 12.6. The molecule has 4 fully saturated rings. The lowest BCUT2D eigenvalue weighted by molar-refractivity contribution is -0.155. The molecule has 2 unspecified atom stereocenters. The van der Waals surface area contributed by atoms with Crippen molar-refractivity contribution >= 4 is 23.1 Å². The molecule has 0 aliphatic heterocycles. The van der Waals surface area contributed by atoms with Crippen LogP contribution < -0.4 is 11.1 Å². The zero-order valence-electron chi connectivity index (χ0n) is 11.7. The van der Waals surface area contributed by atoms with E-state index in [9.17, 15) is 4.79 Å². The van der Waals surface area contributed by atoms with Gasteiger partial charge in [0.15, 0.2) is 0 Å². The fourth-order valence-electron chi connectivity index (χ4n) is 5.47. The maximum absolute atomic E-state index is 12.6. The largest absolute Gasteiger partial charge is 0.393 e. The molecule has 0 heterocycles. The summed E-state index contributed by atoms with van der Waals surface area (Å²) in [5.74, 6) is 1.84. The number of nitrogens with one attached hydrogen (secondary N) is 1. The molecule has 19 heavy (non-hydrogen) atoms. The Morgan fingerprint density at radius 3 is 2.47 bits per heavy atom. The summed E-state index contributed by atoms with van der Waals surface area (Å²) in [6.45, 7) is 2.99. The first-order chi connectivity index (χ1) is 8.91. The topological polar surface area (TPSA) is 55.1 Å². The van der Waals surface area contributed by atoms with Gasteiger partial charge in [0.1, 0.15) is 0 Å². The lowest BCUT2D eigenvalue weighted by atomic mass is 9.44. The first kappa shape index (κ1) is 13.3. The maximum Gasteiger partial charge on any atom is 0.226 e. The summed E-state index contributed by atoms with van der Waals surface area (Å²) >= 11 is 4.86. The molecule has 4 aliphatic rings. The Bertz CT molecular complexity index is 406. The number of rotatable bonds is 4. The lowest BCUT2D eigenvalue weighted by Crippen LogP contribution is -2.56. The molecule has 0 radical (unpaired) electrons. The first-order valence-corrected chi connectivity index (χ1v) is 7.88. The fourth-order valence-corrected chi connectivity index (χ4v) is 5.57. The van der Waals surface area contributed by atoms with Crippen molar-refractivity contribution in [3.63, 3.8) is 0 Å². The molecule has 0 saturated heterocycles. The molecule has 4 heteroatoms. The van der Waals surface area contributed by atoms with E-state index in [1.807, 2.05) is 0 Å². The van der Waals surface area contributed by atoms with Crippen LogP contribution in [0.2, 0.25) is 0 Å². The van der Waals surface area contributed by atoms with Crippen molar-refractivity contribution in [2.45, 2.75) is 51.9 Å². The quantitative estimate of drug-likeness (QED) is 0.777. The van der Waals surface area contributed by atoms with Gasteiger partial charge < -0.3 is 11.1 Å². The summed E-state index contributed by atoms with van der Waals surface area (Å²) in [6.07, 6.45) is 7.96. The number of amides is 1. The van der Waals surface area contributed by atoms with Crippen LogP contribution in [-0.2, 0) is 4.79 Å². The molecular formula is C15H24N2OS. The molecule has 3 N–H and O–H groups in total. The molecule has 4 rings (SSSR count). The third-order valence-corrected chi connectivity index (χ3v) is 5.70. The number of hydrogen-bond donors (Lipinski definition) is 2. The van der Waals surface area contributed by atoms with Gasteiger partial charge in [-0.1, -0.05) is 19.1 Å². The van der Waals surface area contributed by atoms with Crippen molar-refractivity contribution in [3.05, 3.63) is 0 Å². The van der Waals surface area contributed by atoms with Crippen molar-refractivity contribution < 1.29 is 4.79 Å². The summed E-state index contributed by atoms with van der Waals surface area (Å²) in [4.78, 5) is 13.1.